The normalized spacial score (nSPS) is 16.0. The lowest BCUT2D eigenvalue weighted by molar-refractivity contribution is -0.123. The van der Waals surface area contributed by atoms with Crippen molar-refractivity contribution in [1.29, 1.82) is 0 Å². The molecule has 0 aliphatic carbocycles. The Morgan fingerprint density at radius 1 is 1.04 bits per heavy atom. The van der Waals surface area contributed by atoms with Gasteiger partial charge in [0.2, 0.25) is 0 Å². The average molecular weight is 378 g/mol. The zero-order chi connectivity index (χ0) is 19.2. The van der Waals surface area contributed by atoms with Crippen LogP contribution in [-0.2, 0) is 4.79 Å². The second-order valence-electron chi connectivity index (χ2n) is 7.20. The summed E-state index contributed by atoms with van der Waals surface area (Å²) in [6.07, 6.45) is 5.34. The summed E-state index contributed by atoms with van der Waals surface area (Å²) in [7, 11) is 0. The summed E-state index contributed by atoms with van der Waals surface area (Å²) < 4.78 is 11.4. The van der Waals surface area contributed by atoms with Crippen LogP contribution in [0.25, 0.3) is 10.8 Å². The van der Waals surface area contributed by atoms with Crippen molar-refractivity contribution in [3.63, 3.8) is 0 Å². The van der Waals surface area contributed by atoms with Gasteiger partial charge in [0.1, 0.15) is 11.5 Å². The third kappa shape index (κ3) is 4.37. The first-order valence-electron chi connectivity index (χ1n) is 9.96. The van der Waals surface area contributed by atoms with E-state index in [9.17, 15) is 4.79 Å². The maximum atomic E-state index is 12.4. The van der Waals surface area contributed by atoms with E-state index in [1.165, 1.54) is 19.3 Å². The number of likely N-dealkylation sites (tertiary alicyclic amines) is 1. The van der Waals surface area contributed by atoms with Crippen LogP contribution in [0, 0.1) is 0 Å². The van der Waals surface area contributed by atoms with Crippen molar-refractivity contribution < 1.29 is 13.9 Å². The lowest BCUT2D eigenvalue weighted by Crippen LogP contribution is -2.41. The monoisotopic (exact) mass is 378 g/mol. The minimum atomic E-state index is -0.124. The standard InChI is InChI=1S/C23H26N2O3/c26-23(17-28-21-11-6-9-18-8-2-3-10-19(18)21)24-16-20(22-12-7-15-27-22)25-13-4-1-5-14-25/h2-3,6-12,15,20H,1,4-5,13-14,16-17H2,(H,24,26). The Kier molecular flexibility index (Phi) is 5.92. The maximum Gasteiger partial charge on any atom is 0.258 e. The minimum absolute atomic E-state index is 0.00111. The molecule has 4 rings (SSSR count). The van der Waals surface area contributed by atoms with Crippen LogP contribution in [0.15, 0.2) is 65.3 Å². The molecule has 0 bridgehead atoms. The van der Waals surface area contributed by atoms with Crippen molar-refractivity contribution in [3.8, 4) is 5.75 Å². The number of carbonyl (C=O) groups is 1. The molecule has 1 amide bonds. The number of nitrogens with one attached hydrogen (secondary N) is 1. The van der Waals surface area contributed by atoms with Gasteiger partial charge in [0.05, 0.1) is 12.3 Å². The highest BCUT2D eigenvalue weighted by atomic mass is 16.5. The minimum Gasteiger partial charge on any atom is -0.483 e. The Bertz CT molecular complexity index is 896. The fourth-order valence-corrected chi connectivity index (χ4v) is 3.85. The molecule has 3 aromatic rings. The molecule has 1 atom stereocenters. The molecule has 0 radical (unpaired) electrons. The van der Waals surface area contributed by atoms with Crippen molar-refractivity contribution in [3.05, 3.63) is 66.6 Å². The molecule has 1 N–H and O–H groups in total. The lowest BCUT2D eigenvalue weighted by atomic mass is 10.1. The number of furan rings is 1. The molecule has 1 fully saturated rings. The van der Waals surface area contributed by atoms with Gasteiger partial charge < -0.3 is 14.5 Å². The van der Waals surface area contributed by atoms with Gasteiger partial charge in [0.25, 0.3) is 5.91 Å². The summed E-state index contributed by atoms with van der Waals surface area (Å²) >= 11 is 0. The summed E-state index contributed by atoms with van der Waals surface area (Å²) in [5.74, 6) is 1.51. The van der Waals surface area contributed by atoms with Gasteiger partial charge in [0.15, 0.2) is 6.61 Å². The van der Waals surface area contributed by atoms with Crippen molar-refractivity contribution in [2.45, 2.75) is 25.3 Å². The number of hydrogen-bond donors (Lipinski definition) is 1. The molecule has 1 aliphatic heterocycles. The fraction of sp³-hybridized carbons (Fsp3) is 0.348. The van der Waals surface area contributed by atoms with Crippen molar-refractivity contribution >= 4 is 16.7 Å². The first-order chi connectivity index (χ1) is 13.8. The summed E-state index contributed by atoms with van der Waals surface area (Å²) in [6, 6.07) is 17.8. The summed E-state index contributed by atoms with van der Waals surface area (Å²) in [6.45, 7) is 2.59. The molecule has 5 nitrogen and oxygen atoms in total. The molecular formula is C23H26N2O3. The largest absolute Gasteiger partial charge is 0.483 e. The van der Waals surface area contributed by atoms with Gasteiger partial charge in [-0.1, -0.05) is 42.8 Å². The van der Waals surface area contributed by atoms with Crippen molar-refractivity contribution in [1.82, 2.24) is 10.2 Å². The van der Waals surface area contributed by atoms with Crippen LogP contribution in [0.4, 0.5) is 0 Å². The van der Waals surface area contributed by atoms with Gasteiger partial charge in [-0.25, -0.2) is 0 Å². The number of carbonyl (C=O) groups excluding carboxylic acids is 1. The Balaban J connectivity index is 1.36. The molecule has 28 heavy (non-hydrogen) atoms. The molecule has 1 aliphatic rings. The van der Waals surface area contributed by atoms with Crippen LogP contribution in [0.5, 0.6) is 5.75 Å². The van der Waals surface area contributed by atoms with Gasteiger partial charge in [0, 0.05) is 11.9 Å². The van der Waals surface area contributed by atoms with E-state index in [1.54, 1.807) is 6.26 Å². The third-order valence-electron chi connectivity index (χ3n) is 5.30. The number of ether oxygens (including phenoxy) is 1. The van der Waals surface area contributed by atoms with Gasteiger partial charge in [-0.3, -0.25) is 9.69 Å². The van der Waals surface area contributed by atoms with Crippen LogP contribution in [0.2, 0.25) is 0 Å². The van der Waals surface area contributed by atoms with Crippen molar-refractivity contribution in [2.24, 2.45) is 0 Å². The first kappa shape index (κ1) is 18.6. The first-order valence-corrected chi connectivity index (χ1v) is 9.96. The Labute approximate surface area is 165 Å². The van der Waals surface area contributed by atoms with Gasteiger partial charge in [-0.05, 0) is 49.5 Å². The van der Waals surface area contributed by atoms with E-state index < -0.39 is 0 Å². The second kappa shape index (κ2) is 8.93. The smallest absolute Gasteiger partial charge is 0.258 e. The topological polar surface area (TPSA) is 54.7 Å². The number of rotatable bonds is 7. The highest BCUT2D eigenvalue weighted by Crippen LogP contribution is 2.26. The Morgan fingerprint density at radius 2 is 1.86 bits per heavy atom. The number of benzene rings is 2. The van der Waals surface area contributed by atoms with E-state index in [0.717, 1.165) is 35.4 Å². The fourth-order valence-electron chi connectivity index (χ4n) is 3.85. The van der Waals surface area contributed by atoms with Crippen LogP contribution < -0.4 is 10.1 Å². The van der Waals surface area contributed by atoms with E-state index in [0.29, 0.717) is 6.54 Å². The Hall–Kier alpha value is -2.79. The predicted molar refractivity (Wildman–Crippen MR) is 109 cm³/mol. The van der Waals surface area contributed by atoms with E-state index in [-0.39, 0.29) is 18.6 Å². The highest BCUT2D eigenvalue weighted by molar-refractivity contribution is 5.88. The predicted octanol–water partition coefficient (Wildman–Crippen LogP) is 4.16. The van der Waals surface area contributed by atoms with Crippen LogP contribution in [-0.4, -0.2) is 37.0 Å². The molecule has 0 spiro atoms. The third-order valence-corrected chi connectivity index (χ3v) is 5.30. The van der Waals surface area contributed by atoms with Crippen LogP contribution >= 0.6 is 0 Å². The van der Waals surface area contributed by atoms with Crippen LogP contribution in [0.3, 0.4) is 0 Å². The lowest BCUT2D eigenvalue weighted by Gasteiger charge is -2.33. The molecule has 1 unspecified atom stereocenters. The van der Waals surface area contributed by atoms with Gasteiger partial charge in [-0.15, -0.1) is 0 Å². The number of piperidine rings is 1. The average Bonchev–Trinajstić information content (AvgIpc) is 3.28. The SMILES string of the molecule is O=C(COc1cccc2ccccc12)NCC(c1ccco1)N1CCCCC1. The van der Waals surface area contributed by atoms with Gasteiger partial charge in [-0.2, -0.15) is 0 Å². The number of nitrogens with zero attached hydrogens (tertiary/aromatic N) is 1. The van der Waals surface area contributed by atoms with Crippen LogP contribution in [0.1, 0.15) is 31.1 Å². The summed E-state index contributed by atoms with van der Waals surface area (Å²) in [5.41, 5.74) is 0. The summed E-state index contributed by atoms with van der Waals surface area (Å²) in [4.78, 5) is 14.8. The van der Waals surface area contributed by atoms with E-state index in [2.05, 4.69) is 10.2 Å². The highest BCUT2D eigenvalue weighted by Gasteiger charge is 2.24. The molecule has 1 aromatic heterocycles. The quantitative estimate of drug-likeness (QED) is 0.671. The molecule has 146 valence electrons. The number of hydrogen-bond acceptors (Lipinski definition) is 4. The summed E-state index contributed by atoms with van der Waals surface area (Å²) in [5, 5.41) is 5.13. The van der Waals surface area contributed by atoms with Gasteiger partial charge >= 0.3 is 0 Å². The molecular weight excluding hydrogens is 352 g/mol. The molecule has 2 aromatic carbocycles. The zero-order valence-electron chi connectivity index (χ0n) is 16.0. The number of amides is 1. The van der Waals surface area contributed by atoms with Crippen molar-refractivity contribution in [2.75, 3.05) is 26.2 Å². The Morgan fingerprint density at radius 3 is 2.68 bits per heavy atom. The van der Waals surface area contributed by atoms with E-state index in [1.807, 2.05) is 54.6 Å². The maximum absolute atomic E-state index is 12.4. The van der Waals surface area contributed by atoms with E-state index >= 15 is 0 Å². The zero-order valence-corrected chi connectivity index (χ0v) is 16.0. The second-order valence-corrected chi connectivity index (χ2v) is 7.20. The molecule has 5 heteroatoms. The molecule has 2 heterocycles. The van der Waals surface area contributed by atoms with E-state index in [4.69, 9.17) is 9.15 Å². The number of fused-ring (bicyclic) bond motifs is 1. The molecule has 0 saturated carbocycles. The molecule has 1 saturated heterocycles.